The van der Waals surface area contributed by atoms with E-state index in [4.69, 9.17) is 11.6 Å². The summed E-state index contributed by atoms with van der Waals surface area (Å²) < 4.78 is 14.1. The smallest absolute Gasteiger partial charge is 0.167 e. The third-order valence-corrected chi connectivity index (χ3v) is 5.05. The molecular formula is C19H17ClFNO2. The highest BCUT2D eigenvalue weighted by Crippen LogP contribution is 2.48. The molecule has 124 valence electrons. The Bertz CT molecular complexity index is 857. The van der Waals surface area contributed by atoms with E-state index in [9.17, 15) is 14.6 Å². The number of rotatable bonds is 2. The van der Waals surface area contributed by atoms with Crippen LogP contribution in [0.5, 0.6) is 11.5 Å². The number of halogens is 2. The third-order valence-electron chi connectivity index (χ3n) is 4.82. The SMILES string of the molecule is Oc1ccc2c(c1O)C(=C1CCC1)N(Cc1cc(Cl)ccc1F)C2. The van der Waals surface area contributed by atoms with Gasteiger partial charge in [0.05, 0.1) is 0 Å². The Balaban J connectivity index is 1.77. The molecule has 0 radical (unpaired) electrons. The van der Waals surface area contributed by atoms with Gasteiger partial charge in [0.15, 0.2) is 11.5 Å². The van der Waals surface area contributed by atoms with Crippen LogP contribution in [0.15, 0.2) is 35.9 Å². The van der Waals surface area contributed by atoms with Crippen LogP contribution in [0, 0.1) is 5.82 Å². The second-order valence-corrected chi connectivity index (χ2v) is 6.80. The molecule has 0 bridgehead atoms. The number of fused-ring (bicyclic) bond motifs is 1. The second kappa shape index (κ2) is 5.71. The van der Waals surface area contributed by atoms with E-state index in [0.717, 1.165) is 30.5 Å². The summed E-state index contributed by atoms with van der Waals surface area (Å²) in [4.78, 5) is 2.06. The summed E-state index contributed by atoms with van der Waals surface area (Å²) >= 11 is 6.00. The molecule has 0 unspecified atom stereocenters. The highest BCUT2D eigenvalue weighted by Gasteiger charge is 2.32. The lowest BCUT2D eigenvalue weighted by Crippen LogP contribution is -2.19. The maximum absolute atomic E-state index is 14.1. The first-order valence-corrected chi connectivity index (χ1v) is 8.37. The summed E-state index contributed by atoms with van der Waals surface area (Å²) in [6.07, 6.45) is 3.06. The molecule has 0 amide bonds. The topological polar surface area (TPSA) is 43.7 Å². The molecule has 1 aliphatic heterocycles. The van der Waals surface area contributed by atoms with Gasteiger partial charge in [0.1, 0.15) is 5.82 Å². The van der Waals surface area contributed by atoms with Crippen LogP contribution in [0.4, 0.5) is 4.39 Å². The maximum atomic E-state index is 14.1. The van der Waals surface area contributed by atoms with Crippen LogP contribution in [0.25, 0.3) is 5.70 Å². The van der Waals surface area contributed by atoms with Crippen LogP contribution >= 0.6 is 11.6 Å². The maximum Gasteiger partial charge on any atom is 0.167 e. The van der Waals surface area contributed by atoms with Gasteiger partial charge in [0, 0.05) is 34.9 Å². The number of allylic oxidation sites excluding steroid dienone is 1. The van der Waals surface area contributed by atoms with Crippen LogP contribution < -0.4 is 0 Å². The van der Waals surface area contributed by atoms with Crippen molar-refractivity contribution in [3.05, 3.63) is 63.4 Å². The van der Waals surface area contributed by atoms with E-state index in [2.05, 4.69) is 4.90 Å². The van der Waals surface area contributed by atoms with E-state index in [1.165, 1.54) is 23.8 Å². The number of hydrogen-bond donors (Lipinski definition) is 2. The quantitative estimate of drug-likeness (QED) is 0.768. The number of nitrogens with zero attached hydrogens (tertiary/aromatic N) is 1. The first kappa shape index (κ1) is 15.3. The van der Waals surface area contributed by atoms with Gasteiger partial charge in [-0.2, -0.15) is 0 Å². The van der Waals surface area contributed by atoms with Gasteiger partial charge in [-0.3, -0.25) is 0 Å². The van der Waals surface area contributed by atoms with Crippen molar-refractivity contribution >= 4 is 17.3 Å². The molecule has 2 aliphatic rings. The van der Waals surface area contributed by atoms with E-state index in [0.29, 0.717) is 29.2 Å². The predicted molar refractivity (Wildman–Crippen MR) is 91.2 cm³/mol. The van der Waals surface area contributed by atoms with Gasteiger partial charge >= 0.3 is 0 Å². The fraction of sp³-hybridized carbons (Fsp3) is 0.263. The van der Waals surface area contributed by atoms with Gasteiger partial charge < -0.3 is 15.1 Å². The van der Waals surface area contributed by atoms with Crippen LogP contribution in [0.3, 0.4) is 0 Å². The van der Waals surface area contributed by atoms with Gasteiger partial charge in [0.2, 0.25) is 0 Å². The summed E-state index contributed by atoms with van der Waals surface area (Å²) in [6, 6.07) is 7.87. The number of phenolic OH excluding ortho intramolecular Hbond substituents is 2. The fourth-order valence-electron chi connectivity index (χ4n) is 3.46. The van der Waals surface area contributed by atoms with Crippen molar-refractivity contribution in [2.75, 3.05) is 0 Å². The molecule has 0 saturated heterocycles. The van der Waals surface area contributed by atoms with Crippen LogP contribution in [-0.4, -0.2) is 15.1 Å². The van der Waals surface area contributed by atoms with Gasteiger partial charge in [-0.1, -0.05) is 17.7 Å². The molecule has 2 aromatic rings. The van der Waals surface area contributed by atoms with Crippen LogP contribution in [0.1, 0.15) is 36.0 Å². The summed E-state index contributed by atoms with van der Waals surface area (Å²) in [5, 5.41) is 20.7. The molecule has 3 nitrogen and oxygen atoms in total. The summed E-state index contributed by atoms with van der Waals surface area (Å²) in [5.74, 6) is -0.502. The van der Waals surface area contributed by atoms with E-state index < -0.39 is 0 Å². The molecule has 24 heavy (non-hydrogen) atoms. The van der Waals surface area contributed by atoms with E-state index in [1.54, 1.807) is 6.07 Å². The Kier molecular flexibility index (Phi) is 3.65. The van der Waals surface area contributed by atoms with E-state index in [1.807, 2.05) is 6.07 Å². The first-order valence-electron chi connectivity index (χ1n) is 7.99. The van der Waals surface area contributed by atoms with E-state index >= 15 is 0 Å². The molecule has 0 spiro atoms. The minimum absolute atomic E-state index is 0.0871. The fourth-order valence-corrected chi connectivity index (χ4v) is 3.65. The van der Waals surface area contributed by atoms with Gasteiger partial charge in [-0.25, -0.2) is 4.39 Å². The zero-order chi connectivity index (χ0) is 16.8. The van der Waals surface area contributed by atoms with Gasteiger partial charge in [0.25, 0.3) is 0 Å². The zero-order valence-electron chi connectivity index (χ0n) is 13.0. The minimum atomic E-state index is -0.291. The van der Waals surface area contributed by atoms with E-state index in [-0.39, 0.29) is 17.3 Å². The Morgan fingerprint density at radius 1 is 1.12 bits per heavy atom. The lowest BCUT2D eigenvalue weighted by Gasteiger charge is -2.28. The molecule has 0 aromatic heterocycles. The Hall–Kier alpha value is -2.20. The van der Waals surface area contributed by atoms with Crippen molar-refractivity contribution in [1.29, 1.82) is 0 Å². The van der Waals surface area contributed by atoms with Crippen LogP contribution in [-0.2, 0) is 13.1 Å². The monoisotopic (exact) mass is 345 g/mol. The number of aromatic hydroxyl groups is 2. The van der Waals surface area contributed by atoms with Crippen molar-refractivity contribution in [2.24, 2.45) is 0 Å². The highest BCUT2D eigenvalue weighted by atomic mass is 35.5. The highest BCUT2D eigenvalue weighted by molar-refractivity contribution is 6.30. The average Bonchev–Trinajstić information content (AvgIpc) is 2.84. The average molecular weight is 346 g/mol. The second-order valence-electron chi connectivity index (χ2n) is 6.36. The molecule has 4 rings (SSSR count). The van der Waals surface area contributed by atoms with Gasteiger partial charge in [-0.15, -0.1) is 0 Å². The van der Waals surface area contributed by atoms with Crippen molar-refractivity contribution in [2.45, 2.75) is 32.4 Å². The largest absolute Gasteiger partial charge is 0.504 e. The molecule has 5 heteroatoms. The summed E-state index contributed by atoms with van der Waals surface area (Å²) in [6.45, 7) is 0.952. The summed E-state index contributed by atoms with van der Waals surface area (Å²) in [5.41, 5.74) is 4.34. The van der Waals surface area contributed by atoms with Crippen LogP contribution in [0.2, 0.25) is 5.02 Å². The van der Waals surface area contributed by atoms with Crippen molar-refractivity contribution < 1.29 is 14.6 Å². The molecule has 1 aliphatic carbocycles. The standard InChI is InChI=1S/C19H17ClFNO2/c20-14-5-6-15(21)13(8-14)10-22-9-12-4-7-16(23)19(24)17(12)18(22)11-2-1-3-11/h4-8,23-24H,1-3,9-10H2. The first-order chi connectivity index (χ1) is 11.5. The molecule has 1 fully saturated rings. The molecule has 2 aromatic carbocycles. The molecule has 1 saturated carbocycles. The predicted octanol–water partition coefficient (Wildman–Crippen LogP) is 4.80. The number of benzene rings is 2. The van der Waals surface area contributed by atoms with Gasteiger partial charge in [-0.05, 0) is 54.7 Å². The zero-order valence-corrected chi connectivity index (χ0v) is 13.8. The molecule has 1 heterocycles. The Labute approximate surface area is 144 Å². The third kappa shape index (κ3) is 2.42. The molecule has 2 N–H and O–H groups in total. The Morgan fingerprint density at radius 3 is 2.62 bits per heavy atom. The summed E-state index contributed by atoms with van der Waals surface area (Å²) in [7, 11) is 0. The Morgan fingerprint density at radius 2 is 1.92 bits per heavy atom. The van der Waals surface area contributed by atoms with Crippen molar-refractivity contribution in [3.8, 4) is 11.5 Å². The lowest BCUT2D eigenvalue weighted by molar-refractivity contribution is 0.385. The minimum Gasteiger partial charge on any atom is -0.504 e. The number of hydrogen-bond acceptors (Lipinski definition) is 3. The van der Waals surface area contributed by atoms with Crippen molar-refractivity contribution in [1.82, 2.24) is 4.90 Å². The normalized spacial score (nSPS) is 16.3. The van der Waals surface area contributed by atoms with Crippen molar-refractivity contribution in [3.63, 3.8) is 0 Å². The lowest BCUT2D eigenvalue weighted by atomic mass is 9.88. The molecule has 0 atom stereocenters. The molecular weight excluding hydrogens is 329 g/mol. The number of phenols is 2.